The molecule has 6 nitrogen and oxygen atoms in total. The lowest BCUT2D eigenvalue weighted by atomic mass is 9.93. The summed E-state index contributed by atoms with van der Waals surface area (Å²) in [6.45, 7) is 12.4. The van der Waals surface area contributed by atoms with E-state index in [1.807, 2.05) is 57.3 Å². The summed E-state index contributed by atoms with van der Waals surface area (Å²) in [7, 11) is 0. The highest BCUT2D eigenvalue weighted by Crippen LogP contribution is 2.45. The molecule has 1 amide bonds. The van der Waals surface area contributed by atoms with Crippen LogP contribution in [-0.4, -0.2) is 20.6 Å². The molecule has 5 rings (SSSR count). The van der Waals surface area contributed by atoms with E-state index in [0.29, 0.717) is 5.11 Å². The van der Waals surface area contributed by atoms with Gasteiger partial charge in [-0.15, -0.1) is 0 Å². The van der Waals surface area contributed by atoms with E-state index in [1.54, 1.807) is 0 Å². The summed E-state index contributed by atoms with van der Waals surface area (Å²) in [4.78, 5) is 19.3. The number of aromatic nitrogens is 2. The van der Waals surface area contributed by atoms with Crippen molar-refractivity contribution >= 4 is 34.6 Å². The van der Waals surface area contributed by atoms with Gasteiger partial charge in [-0.2, -0.15) is 0 Å². The molecule has 1 aliphatic heterocycles. The molecule has 2 aromatic heterocycles. The number of carbonyl (C=O) groups is 1. The predicted octanol–water partition coefficient (Wildman–Crippen LogP) is 6.88. The molecular weight excluding hydrogens is 502 g/mol. The average molecular weight is 538 g/mol. The van der Waals surface area contributed by atoms with Crippen molar-refractivity contribution in [3.05, 3.63) is 107 Å². The van der Waals surface area contributed by atoms with Crippen LogP contribution in [0.5, 0.6) is 0 Å². The van der Waals surface area contributed by atoms with Gasteiger partial charge in [0.25, 0.3) is 0 Å². The van der Waals surface area contributed by atoms with E-state index in [-0.39, 0.29) is 23.9 Å². The largest absolute Gasteiger partial charge is 0.351 e. The van der Waals surface area contributed by atoms with Crippen LogP contribution in [0.3, 0.4) is 0 Å². The molecule has 2 atom stereocenters. The van der Waals surface area contributed by atoms with Gasteiger partial charge >= 0.3 is 0 Å². The van der Waals surface area contributed by atoms with Crippen molar-refractivity contribution in [1.82, 2.24) is 14.9 Å². The summed E-state index contributed by atoms with van der Waals surface area (Å²) in [5.74, 6) is -0.0907. The zero-order valence-electron chi connectivity index (χ0n) is 23.3. The van der Waals surface area contributed by atoms with Crippen LogP contribution in [0.25, 0.3) is 5.69 Å². The molecule has 0 saturated carbocycles. The first-order valence-corrected chi connectivity index (χ1v) is 13.8. The van der Waals surface area contributed by atoms with Crippen LogP contribution in [0.1, 0.15) is 59.7 Å². The first-order valence-electron chi connectivity index (χ1n) is 13.3. The molecule has 2 N–H and O–H groups in total. The van der Waals surface area contributed by atoms with Gasteiger partial charge in [0, 0.05) is 46.1 Å². The Kier molecular flexibility index (Phi) is 7.28. The Morgan fingerprint density at radius 3 is 2.31 bits per heavy atom. The van der Waals surface area contributed by atoms with Crippen molar-refractivity contribution in [2.75, 3.05) is 10.2 Å². The van der Waals surface area contributed by atoms with Gasteiger partial charge in [0.15, 0.2) is 5.11 Å². The maximum atomic E-state index is 12.4. The highest BCUT2D eigenvalue weighted by Gasteiger charge is 2.43. The lowest BCUT2D eigenvalue weighted by Crippen LogP contribution is -2.30. The van der Waals surface area contributed by atoms with Crippen molar-refractivity contribution in [3.63, 3.8) is 0 Å². The maximum absolute atomic E-state index is 12.4. The number of rotatable bonds is 6. The molecule has 4 aromatic rings. The molecule has 7 heteroatoms. The summed E-state index contributed by atoms with van der Waals surface area (Å²) in [5, 5.41) is 7.28. The molecule has 1 aliphatic rings. The summed E-state index contributed by atoms with van der Waals surface area (Å²) >= 11 is 5.99. The number of amides is 1. The Morgan fingerprint density at radius 1 is 0.949 bits per heavy atom. The zero-order chi connectivity index (χ0) is 27.8. The molecule has 0 aliphatic carbocycles. The topological polar surface area (TPSA) is 62.2 Å². The third kappa shape index (κ3) is 4.83. The highest BCUT2D eigenvalue weighted by atomic mass is 32.1. The van der Waals surface area contributed by atoms with Gasteiger partial charge in [-0.05, 0) is 93.5 Å². The second kappa shape index (κ2) is 10.7. The van der Waals surface area contributed by atoms with Gasteiger partial charge in [0.1, 0.15) is 0 Å². The number of pyridine rings is 1. The SMILES string of the molecule is Cc1cc(N2C(=S)N[C@H](c3ccccn3)[C@@H]2c2c(C)c(C)n(-c3ccccc3)c2C)ccc1NC(=O)C(C)C. The van der Waals surface area contributed by atoms with Crippen LogP contribution in [-0.2, 0) is 4.79 Å². The standard InChI is InChI=1S/C32H35N5OS/c1-19(2)31(38)34-26-16-15-25(18-20(26)3)37-30(29(35-32(37)39)27-14-10-11-17-33-27)28-21(4)22(5)36(23(28)6)24-12-8-7-9-13-24/h7-19,29-30H,1-6H3,(H,34,38)(H,35,39)/t29-,30+/m1/s1. The Labute approximate surface area is 236 Å². The molecule has 200 valence electrons. The summed E-state index contributed by atoms with van der Waals surface area (Å²) in [6.07, 6.45) is 1.83. The van der Waals surface area contributed by atoms with Crippen LogP contribution in [0.2, 0.25) is 0 Å². The molecule has 1 saturated heterocycles. The van der Waals surface area contributed by atoms with Crippen LogP contribution < -0.4 is 15.5 Å². The van der Waals surface area contributed by atoms with Crippen molar-refractivity contribution in [1.29, 1.82) is 0 Å². The van der Waals surface area contributed by atoms with E-state index in [1.165, 1.54) is 22.5 Å². The zero-order valence-corrected chi connectivity index (χ0v) is 24.1. The summed E-state index contributed by atoms with van der Waals surface area (Å²) < 4.78 is 2.33. The fraction of sp³-hybridized carbons (Fsp3) is 0.281. The number of benzene rings is 2. The van der Waals surface area contributed by atoms with Crippen molar-refractivity contribution in [2.24, 2.45) is 5.92 Å². The van der Waals surface area contributed by atoms with Gasteiger partial charge in [-0.3, -0.25) is 9.78 Å². The first-order chi connectivity index (χ1) is 18.7. The Bertz CT molecular complexity index is 1530. The van der Waals surface area contributed by atoms with Crippen molar-refractivity contribution in [3.8, 4) is 5.69 Å². The maximum Gasteiger partial charge on any atom is 0.226 e. The smallest absolute Gasteiger partial charge is 0.226 e. The van der Waals surface area contributed by atoms with E-state index in [4.69, 9.17) is 17.2 Å². The normalized spacial score (nSPS) is 17.0. The quantitative estimate of drug-likeness (QED) is 0.263. The Morgan fingerprint density at radius 2 is 1.67 bits per heavy atom. The number of nitrogens with zero attached hydrogens (tertiary/aromatic N) is 3. The van der Waals surface area contributed by atoms with E-state index >= 15 is 0 Å². The second-order valence-electron chi connectivity index (χ2n) is 10.5. The van der Waals surface area contributed by atoms with Gasteiger partial charge in [-0.1, -0.05) is 38.1 Å². The minimum absolute atomic E-state index is 0.00118. The predicted molar refractivity (Wildman–Crippen MR) is 163 cm³/mol. The van der Waals surface area contributed by atoms with Gasteiger partial charge in [-0.25, -0.2) is 0 Å². The Hall–Kier alpha value is -3.97. The Balaban J connectivity index is 1.65. The van der Waals surface area contributed by atoms with Crippen LogP contribution in [0.4, 0.5) is 11.4 Å². The summed E-state index contributed by atoms with van der Waals surface area (Å²) in [6, 6.07) is 22.3. The third-order valence-electron chi connectivity index (χ3n) is 7.69. The fourth-order valence-electron chi connectivity index (χ4n) is 5.55. The van der Waals surface area contributed by atoms with Gasteiger partial charge in [0.05, 0.1) is 17.8 Å². The second-order valence-corrected chi connectivity index (χ2v) is 10.9. The molecular formula is C32H35N5OS. The molecule has 2 aromatic carbocycles. The number of anilines is 2. The molecule has 3 heterocycles. The van der Waals surface area contributed by atoms with E-state index in [9.17, 15) is 4.79 Å². The van der Waals surface area contributed by atoms with Crippen LogP contribution >= 0.6 is 12.2 Å². The molecule has 0 radical (unpaired) electrons. The molecule has 0 bridgehead atoms. The fourth-order valence-corrected chi connectivity index (χ4v) is 5.89. The number of hydrogen-bond acceptors (Lipinski definition) is 3. The molecule has 0 spiro atoms. The van der Waals surface area contributed by atoms with Gasteiger partial charge < -0.3 is 20.1 Å². The van der Waals surface area contributed by atoms with E-state index < -0.39 is 0 Å². The number of para-hydroxylation sites is 1. The molecule has 1 fully saturated rings. The minimum atomic E-state index is -0.136. The number of hydrogen-bond donors (Lipinski definition) is 2. The number of thiocarbonyl (C=S) groups is 1. The van der Waals surface area contributed by atoms with Gasteiger partial charge in [0.2, 0.25) is 5.91 Å². The minimum Gasteiger partial charge on any atom is -0.351 e. The number of aryl methyl sites for hydroxylation is 1. The first kappa shape index (κ1) is 26.6. The monoisotopic (exact) mass is 537 g/mol. The molecule has 39 heavy (non-hydrogen) atoms. The van der Waals surface area contributed by atoms with E-state index in [2.05, 4.69) is 77.3 Å². The number of carbonyl (C=O) groups excluding carboxylic acids is 1. The molecule has 0 unspecified atom stereocenters. The van der Waals surface area contributed by atoms with E-state index in [0.717, 1.165) is 28.3 Å². The highest BCUT2D eigenvalue weighted by molar-refractivity contribution is 7.80. The van der Waals surface area contributed by atoms with Crippen LogP contribution in [0.15, 0.2) is 72.9 Å². The number of nitrogens with one attached hydrogen (secondary N) is 2. The lowest BCUT2D eigenvalue weighted by molar-refractivity contribution is -0.118. The van der Waals surface area contributed by atoms with Crippen molar-refractivity contribution < 1.29 is 4.79 Å². The van der Waals surface area contributed by atoms with Crippen LogP contribution in [0, 0.1) is 33.6 Å². The third-order valence-corrected chi connectivity index (χ3v) is 8.00. The lowest BCUT2D eigenvalue weighted by Gasteiger charge is -2.29. The average Bonchev–Trinajstić information content (AvgIpc) is 3.37. The summed E-state index contributed by atoms with van der Waals surface area (Å²) in [5.41, 5.74) is 9.68. The van der Waals surface area contributed by atoms with Crippen molar-refractivity contribution in [2.45, 2.75) is 53.6 Å².